The number of carbonyl (C=O) groups is 2. The summed E-state index contributed by atoms with van der Waals surface area (Å²) in [7, 11) is 0. The largest absolute Gasteiger partial charge is 0.481 e. The van der Waals surface area contributed by atoms with Crippen LogP contribution in [0, 0.1) is 5.92 Å². The van der Waals surface area contributed by atoms with E-state index in [1.807, 2.05) is 4.90 Å². The standard InChI is InChI=1S/C10H15NO3/c12-6-11-8-1-2-9(11)4-7(3-8)5-10(13)14/h6-9H,1-5H2,(H,13,14). The lowest BCUT2D eigenvalue weighted by Crippen LogP contribution is -2.42. The number of nitrogens with zero attached hydrogens (tertiary/aromatic N) is 1. The summed E-state index contributed by atoms with van der Waals surface area (Å²) in [5, 5.41) is 8.70. The third-order valence-corrected chi connectivity index (χ3v) is 3.47. The van der Waals surface area contributed by atoms with Crippen LogP contribution in [-0.4, -0.2) is 34.5 Å². The number of piperidine rings is 1. The predicted molar refractivity (Wildman–Crippen MR) is 49.7 cm³/mol. The molecule has 0 saturated carbocycles. The van der Waals surface area contributed by atoms with Crippen molar-refractivity contribution in [3.63, 3.8) is 0 Å². The number of fused-ring (bicyclic) bond motifs is 2. The molecule has 2 heterocycles. The first-order valence-electron chi connectivity index (χ1n) is 5.15. The molecule has 0 aromatic heterocycles. The van der Waals surface area contributed by atoms with Gasteiger partial charge in [-0.25, -0.2) is 0 Å². The van der Waals surface area contributed by atoms with E-state index in [2.05, 4.69) is 0 Å². The molecule has 1 N–H and O–H groups in total. The van der Waals surface area contributed by atoms with Crippen molar-refractivity contribution in [1.29, 1.82) is 0 Å². The first-order valence-corrected chi connectivity index (χ1v) is 5.15. The molecule has 2 saturated heterocycles. The fourth-order valence-corrected chi connectivity index (χ4v) is 2.91. The van der Waals surface area contributed by atoms with Gasteiger partial charge in [0, 0.05) is 18.5 Å². The van der Waals surface area contributed by atoms with Crippen molar-refractivity contribution in [3.8, 4) is 0 Å². The van der Waals surface area contributed by atoms with E-state index in [9.17, 15) is 9.59 Å². The lowest BCUT2D eigenvalue weighted by Gasteiger charge is -2.35. The molecule has 2 rings (SSSR count). The average Bonchev–Trinajstić information content (AvgIpc) is 2.36. The Labute approximate surface area is 82.9 Å². The summed E-state index contributed by atoms with van der Waals surface area (Å²) < 4.78 is 0. The molecule has 0 aromatic carbocycles. The quantitative estimate of drug-likeness (QED) is 0.683. The highest BCUT2D eigenvalue weighted by Gasteiger charge is 2.40. The molecule has 4 heteroatoms. The van der Waals surface area contributed by atoms with Crippen LogP contribution in [-0.2, 0) is 9.59 Å². The van der Waals surface area contributed by atoms with Crippen molar-refractivity contribution < 1.29 is 14.7 Å². The van der Waals surface area contributed by atoms with Gasteiger partial charge in [0.05, 0.1) is 0 Å². The van der Waals surface area contributed by atoms with E-state index in [1.165, 1.54) is 0 Å². The maximum absolute atomic E-state index is 10.8. The van der Waals surface area contributed by atoms with Crippen molar-refractivity contribution in [3.05, 3.63) is 0 Å². The van der Waals surface area contributed by atoms with Gasteiger partial charge in [-0.2, -0.15) is 0 Å². The third-order valence-electron chi connectivity index (χ3n) is 3.47. The summed E-state index contributed by atoms with van der Waals surface area (Å²) in [6.45, 7) is 0. The molecule has 2 aliphatic rings. The Balaban J connectivity index is 1.98. The van der Waals surface area contributed by atoms with Crippen molar-refractivity contribution >= 4 is 12.4 Å². The molecular formula is C10H15NO3. The second kappa shape index (κ2) is 3.59. The van der Waals surface area contributed by atoms with E-state index in [0.717, 1.165) is 32.1 Å². The van der Waals surface area contributed by atoms with Crippen LogP contribution in [0.25, 0.3) is 0 Å². The first kappa shape index (κ1) is 9.49. The molecule has 2 unspecified atom stereocenters. The van der Waals surface area contributed by atoms with E-state index < -0.39 is 5.97 Å². The first-order chi connectivity index (χ1) is 6.70. The van der Waals surface area contributed by atoms with Gasteiger partial charge in [-0.05, 0) is 31.6 Å². The Morgan fingerprint density at radius 1 is 1.36 bits per heavy atom. The molecule has 2 atom stereocenters. The van der Waals surface area contributed by atoms with Gasteiger partial charge in [0.15, 0.2) is 0 Å². The fourth-order valence-electron chi connectivity index (χ4n) is 2.91. The summed E-state index contributed by atoms with van der Waals surface area (Å²) in [5.41, 5.74) is 0. The SMILES string of the molecule is O=CN1C2CCC1CC(CC(=O)O)C2. The number of carbonyl (C=O) groups excluding carboxylic acids is 1. The highest BCUT2D eigenvalue weighted by molar-refractivity contribution is 5.67. The zero-order valence-electron chi connectivity index (χ0n) is 8.06. The molecule has 4 nitrogen and oxygen atoms in total. The van der Waals surface area contributed by atoms with Crippen molar-refractivity contribution in [2.45, 2.75) is 44.2 Å². The molecule has 0 aliphatic carbocycles. The summed E-state index contributed by atoms with van der Waals surface area (Å²) in [4.78, 5) is 23.2. The van der Waals surface area contributed by atoms with Crippen LogP contribution >= 0.6 is 0 Å². The zero-order chi connectivity index (χ0) is 10.1. The van der Waals surface area contributed by atoms with Gasteiger partial charge in [-0.15, -0.1) is 0 Å². The molecule has 0 radical (unpaired) electrons. The van der Waals surface area contributed by atoms with Gasteiger partial charge < -0.3 is 10.0 Å². The number of hydrogen-bond donors (Lipinski definition) is 1. The number of carboxylic acids is 1. The molecule has 0 spiro atoms. The molecular weight excluding hydrogens is 182 g/mol. The smallest absolute Gasteiger partial charge is 0.303 e. The van der Waals surface area contributed by atoms with Crippen LogP contribution in [0.2, 0.25) is 0 Å². The Kier molecular flexibility index (Phi) is 2.44. The minimum Gasteiger partial charge on any atom is -0.481 e. The second-order valence-electron chi connectivity index (χ2n) is 4.37. The highest BCUT2D eigenvalue weighted by atomic mass is 16.4. The number of hydrogen-bond acceptors (Lipinski definition) is 2. The lowest BCUT2D eigenvalue weighted by molar-refractivity contribution is -0.138. The maximum atomic E-state index is 10.8. The monoisotopic (exact) mass is 197 g/mol. The fraction of sp³-hybridized carbons (Fsp3) is 0.800. The van der Waals surface area contributed by atoms with Crippen LogP contribution in [0.5, 0.6) is 0 Å². The second-order valence-corrected chi connectivity index (χ2v) is 4.37. The molecule has 14 heavy (non-hydrogen) atoms. The Bertz CT molecular complexity index is 240. The Morgan fingerprint density at radius 3 is 2.36 bits per heavy atom. The molecule has 0 aromatic rings. The lowest BCUT2D eigenvalue weighted by atomic mass is 9.88. The van der Waals surface area contributed by atoms with Crippen molar-refractivity contribution in [2.24, 2.45) is 5.92 Å². The van der Waals surface area contributed by atoms with Crippen LogP contribution in [0.4, 0.5) is 0 Å². The van der Waals surface area contributed by atoms with Gasteiger partial charge in [-0.1, -0.05) is 0 Å². The average molecular weight is 197 g/mol. The van der Waals surface area contributed by atoms with Crippen molar-refractivity contribution in [2.75, 3.05) is 0 Å². The number of amides is 1. The van der Waals surface area contributed by atoms with Crippen LogP contribution in [0.3, 0.4) is 0 Å². The van der Waals surface area contributed by atoms with E-state index in [1.54, 1.807) is 0 Å². The number of carboxylic acid groups (broad SMARTS) is 1. The molecule has 2 aliphatic heterocycles. The van der Waals surface area contributed by atoms with E-state index >= 15 is 0 Å². The summed E-state index contributed by atoms with van der Waals surface area (Å²) >= 11 is 0. The Hall–Kier alpha value is -1.06. The molecule has 78 valence electrons. The van der Waals surface area contributed by atoms with E-state index in [0.29, 0.717) is 12.1 Å². The minimum absolute atomic E-state index is 0.264. The Morgan fingerprint density at radius 2 is 1.93 bits per heavy atom. The van der Waals surface area contributed by atoms with Gasteiger partial charge in [0.2, 0.25) is 6.41 Å². The number of rotatable bonds is 3. The topological polar surface area (TPSA) is 57.6 Å². The highest BCUT2D eigenvalue weighted by Crippen LogP contribution is 2.38. The minimum atomic E-state index is -0.714. The summed E-state index contributed by atoms with van der Waals surface area (Å²) in [5.74, 6) is -0.435. The summed E-state index contributed by atoms with van der Waals surface area (Å²) in [6.07, 6.45) is 5.06. The van der Waals surface area contributed by atoms with Gasteiger partial charge in [-0.3, -0.25) is 9.59 Å². The maximum Gasteiger partial charge on any atom is 0.303 e. The summed E-state index contributed by atoms with van der Waals surface area (Å²) in [6, 6.07) is 0.631. The van der Waals surface area contributed by atoms with Gasteiger partial charge in [0.1, 0.15) is 0 Å². The van der Waals surface area contributed by atoms with Crippen LogP contribution in [0.15, 0.2) is 0 Å². The van der Waals surface area contributed by atoms with Gasteiger partial charge >= 0.3 is 5.97 Å². The molecule has 1 amide bonds. The third kappa shape index (κ3) is 1.61. The van der Waals surface area contributed by atoms with Crippen LogP contribution < -0.4 is 0 Å². The van der Waals surface area contributed by atoms with Gasteiger partial charge in [0.25, 0.3) is 0 Å². The van der Waals surface area contributed by atoms with E-state index in [4.69, 9.17) is 5.11 Å². The predicted octanol–water partition coefficient (Wildman–Crippen LogP) is 0.860. The molecule has 2 fully saturated rings. The van der Waals surface area contributed by atoms with E-state index in [-0.39, 0.29) is 12.3 Å². The zero-order valence-corrected chi connectivity index (χ0v) is 8.06. The molecule has 2 bridgehead atoms. The number of aliphatic carboxylic acids is 1. The van der Waals surface area contributed by atoms with Crippen LogP contribution in [0.1, 0.15) is 32.1 Å². The van der Waals surface area contributed by atoms with Crippen molar-refractivity contribution in [1.82, 2.24) is 4.90 Å². The normalized spacial score (nSPS) is 35.7.